The lowest BCUT2D eigenvalue weighted by Gasteiger charge is -2.01. The molecular weight excluding hydrogens is 292 g/mol. The number of aryl methyl sites for hydroxylation is 2. The van der Waals surface area contributed by atoms with Gasteiger partial charge in [-0.1, -0.05) is 0 Å². The van der Waals surface area contributed by atoms with Gasteiger partial charge in [-0.15, -0.1) is 22.7 Å². The predicted molar refractivity (Wildman–Crippen MR) is 82.7 cm³/mol. The van der Waals surface area contributed by atoms with Crippen LogP contribution in [0.15, 0.2) is 12.3 Å². The van der Waals surface area contributed by atoms with Crippen LogP contribution in [-0.4, -0.2) is 22.8 Å². The summed E-state index contributed by atoms with van der Waals surface area (Å²) in [6, 6.07) is 1.96. The molecule has 0 aliphatic carbocycles. The average molecular weight is 306 g/mol. The van der Waals surface area contributed by atoms with Crippen LogP contribution in [0.25, 0.3) is 20.0 Å². The molecule has 0 aromatic carbocycles. The molecule has 3 rings (SSSR count). The summed E-state index contributed by atoms with van der Waals surface area (Å²) in [5.41, 5.74) is 3.23. The molecule has 0 saturated carbocycles. The minimum Gasteiger partial charge on any atom is -0.462 e. The number of nitrogens with zero attached hydrogens (tertiary/aromatic N) is 1. The monoisotopic (exact) mass is 306 g/mol. The van der Waals surface area contributed by atoms with Crippen LogP contribution in [0.5, 0.6) is 0 Å². The highest BCUT2D eigenvalue weighted by atomic mass is 32.2. The van der Waals surface area contributed by atoms with Crippen molar-refractivity contribution >= 4 is 38.0 Å². The molecule has 0 unspecified atom stereocenters. The van der Waals surface area contributed by atoms with Crippen LogP contribution in [0, 0.1) is 13.8 Å². The molecular formula is C14H14N2O2S2. The molecule has 3 aromatic rings. The maximum Gasteiger partial charge on any atom is 0.348 e. The largest absolute Gasteiger partial charge is 0.462 e. The summed E-state index contributed by atoms with van der Waals surface area (Å²) >= 11 is 3.21. The Bertz CT molecular complexity index is 769. The SMILES string of the molecule is CCOC(=O)c1sc2sc(-c3ccn[nH]3)c(C)c2c1C. The number of aromatic amines is 1. The van der Waals surface area contributed by atoms with Gasteiger partial charge in [0.1, 0.15) is 4.88 Å². The molecule has 6 heteroatoms. The molecule has 3 heterocycles. The zero-order valence-electron chi connectivity index (χ0n) is 11.4. The zero-order valence-corrected chi connectivity index (χ0v) is 13.1. The molecule has 0 amide bonds. The quantitative estimate of drug-likeness (QED) is 0.740. The second kappa shape index (κ2) is 5.03. The number of carbonyl (C=O) groups is 1. The van der Waals surface area contributed by atoms with Crippen molar-refractivity contribution in [1.82, 2.24) is 10.2 Å². The van der Waals surface area contributed by atoms with Crippen molar-refractivity contribution in [2.45, 2.75) is 20.8 Å². The Labute approximate surface area is 124 Å². The molecule has 0 aliphatic heterocycles. The zero-order chi connectivity index (χ0) is 14.3. The topological polar surface area (TPSA) is 55.0 Å². The Morgan fingerprint density at radius 3 is 2.75 bits per heavy atom. The number of aromatic nitrogens is 2. The van der Waals surface area contributed by atoms with Gasteiger partial charge in [0, 0.05) is 11.6 Å². The van der Waals surface area contributed by atoms with Gasteiger partial charge in [0.25, 0.3) is 0 Å². The summed E-state index contributed by atoms with van der Waals surface area (Å²) in [7, 11) is 0. The molecule has 0 bridgehead atoms. The van der Waals surface area contributed by atoms with Crippen molar-refractivity contribution in [3.05, 3.63) is 28.3 Å². The molecule has 3 aromatic heterocycles. The number of thiophene rings is 2. The second-order valence-corrected chi connectivity index (χ2v) is 6.77. The van der Waals surface area contributed by atoms with Gasteiger partial charge in [-0.25, -0.2) is 4.79 Å². The lowest BCUT2D eigenvalue weighted by Crippen LogP contribution is -2.03. The molecule has 0 aliphatic rings. The number of carbonyl (C=O) groups excluding carboxylic acids is 1. The number of ether oxygens (including phenoxy) is 1. The molecule has 0 atom stereocenters. The van der Waals surface area contributed by atoms with Crippen LogP contribution in [0.2, 0.25) is 0 Å². The fourth-order valence-electron chi connectivity index (χ4n) is 2.31. The minimum absolute atomic E-state index is 0.221. The summed E-state index contributed by atoms with van der Waals surface area (Å²) in [6.45, 7) is 6.30. The highest BCUT2D eigenvalue weighted by Gasteiger charge is 2.22. The number of H-pyrrole nitrogens is 1. The standard InChI is InChI=1S/C14H14N2O2S2/c1-4-18-13(17)12-8(3)10-7(2)11(19-14(10)20-12)9-5-6-15-16-9/h5-6H,4H2,1-3H3,(H,15,16). The number of fused-ring (bicyclic) bond motifs is 1. The number of esters is 1. The number of rotatable bonds is 3. The maximum atomic E-state index is 11.9. The van der Waals surface area contributed by atoms with E-state index in [1.165, 1.54) is 27.2 Å². The van der Waals surface area contributed by atoms with Crippen LogP contribution in [0.3, 0.4) is 0 Å². The molecule has 0 saturated heterocycles. The first-order chi connectivity index (χ1) is 9.63. The number of nitrogens with one attached hydrogen (secondary N) is 1. The third-order valence-electron chi connectivity index (χ3n) is 3.23. The van der Waals surface area contributed by atoms with E-state index in [-0.39, 0.29) is 5.97 Å². The van der Waals surface area contributed by atoms with Crippen molar-refractivity contribution < 1.29 is 9.53 Å². The Balaban J connectivity index is 2.14. The Kier molecular flexibility index (Phi) is 3.35. The first-order valence-corrected chi connectivity index (χ1v) is 7.96. The number of hydrogen-bond acceptors (Lipinski definition) is 5. The van der Waals surface area contributed by atoms with E-state index in [0.29, 0.717) is 11.5 Å². The van der Waals surface area contributed by atoms with Crippen molar-refractivity contribution in [3.8, 4) is 10.6 Å². The van der Waals surface area contributed by atoms with Gasteiger partial charge in [-0.2, -0.15) is 5.10 Å². The molecule has 20 heavy (non-hydrogen) atoms. The van der Waals surface area contributed by atoms with Crippen LogP contribution in [0.1, 0.15) is 27.7 Å². The van der Waals surface area contributed by atoms with E-state index in [0.717, 1.165) is 15.3 Å². The van der Waals surface area contributed by atoms with Crippen molar-refractivity contribution in [3.63, 3.8) is 0 Å². The molecule has 0 fully saturated rings. The van der Waals surface area contributed by atoms with E-state index < -0.39 is 0 Å². The van der Waals surface area contributed by atoms with Crippen LogP contribution >= 0.6 is 22.7 Å². The van der Waals surface area contributed by atoms with Gasteiger partial charge < -0.3 is 4.74 Å². The molecule has 104 valence electrons. The molecule has 0 spiro atoms. The molecule has 0 radical (unpaired) electrons. The van der Waals surface area contributed by atoms with Crippen LogP contribution in [-0.2, 0) is 4.74 Å². The molecule has 1 N–H and O–H groups in total. The summed E-state index contributed by atoms with van der Waals surface area (Å²) < 4.78 is 6.27. The number of hydrogen-bond donors (Lipinski definition) is 1. The summed E-state index contributed by atoms with van der Waals surface area (Å²) in [5, 5.41) is 8.17. The first-order valence-electron chi connectivity index (χ1n) is 6.32. The van der Waals surface area contributed by atoms with Crippen molar-refractivity contribution in [2.75, 3.05) is 6.61 Å². The van der Waals surface area contributed by atoms with Crippen molar-refractivity contribution in [1.29, 1.82) is 0 Å². The van der Waals surface area contributed by atoms with E-state index >= 15 is 0 Å². The highest BCUT2D eigenvalue weighted by molar-refractivity contribution is 7.40. The van der Waals surface area contributed by atoms with Crippen molar-refractivity contribution in [2.24, 2.45) is 0 Å². The smallest absolute Gasteiger partial charge is 0.348 e. The Morgan fingerprint density at radius 1 is 1.35 bits per heavy atom. The maximum absolute atomic E-state index is 11.9. The van der Waals surface area contributed by atoms with Crippen LogP contribution < -0.4 is 0 Å². The predicted octanol–water partition coefficient (Wildman–Crippen LogP) is 4.15. The van der Waals surface area contributed by atoms with E-state index in [2.05, 4.69) is 17.1 Å². The van der Waals surface area contributed by atoms with E-state index in [1.807, 2.05) is 19.9 Å². The Morgan fingerprint density at radius 2 is 2.15 bits per heavy atom. The van der Waals surface area contributed by atoms with E-state index in [1.54, 1.807) is 17.5 Å². The lowest BCUT2D eigenvalue weighted by atomic mass is 10.1. The van der Waals surface area contributed by atoms with Crippen LogP contribution in [0.4, 0.5) is 0 Å². The van der Waals surface area contributed by atoms with Gasteiger partial charge in [-0.05, 0) is 38.0 Å². The fourth-order valence-corrected chi connectivity index (χ4v) is 5.04. The fraction of sp³-hybridized carbons (Fsp3) is 0.286. The Hall–Kier alpha value is -1.66. The van der Waals surface area contributed by atoms with E-state index in [9.17, 15) is 4.79 Å². The first kappa shape index (κ1) is 13.3. The minimum atomic E-state index is -0.221. The van der Waals surface area contributed by atoms with Gasteiger partial charge >= 0.3 is 5.97 Å². The van der Waals surface area contributed by atoms with E-state index in [4.69, 9.17) is 4.74 Å². The summed E-state index contributed by atoms with van der Waals surface area (Å²) in [4.78, 5) is 13.8. The molecule has 4 nitrogen and oxygen atoms in total. The van der Waals surface area contributed by atoms with Gasteiger partial charge in [-0.3, -0.25) is 5.10 Å². The second-order valence-electron chi connectivity index (χ2n) is 4.47. The average Bonchev–Trinajstić information content (AvgIpc) is 3.08. The third-order valence-corrected chi connectivity index (χ3v) is 5.92. The normalized spacial score (nSPS) is 11.2. The van der Waals surface area contributed by atoms with Gasteiger partial charge in [0.05, 0.1) is 21.2 Å². The summed E-state index contributed by atoms with van der Waals surface area (Å²) in [5.74, 6) is -0.221. The lowest BCUT2D eigenvalue weighted by molar-refractivity contribution is 0.0531. The van der Waals surface area contributed by atoms with Gasteiger partial charge in [0.2, 0.25) is 0 Å². The van der Waals surface area contributed by atoms with Gasteiger partial charge in [0.15, 0.2) is 0 Å². The third kappa shape index (κ3) is 1.96. The highest BCUT2D eigenvalue weighted by Crippen LogP contribution is 2.44. The summed E-state index contributed by atoms with van der Waals surface area (Å²) in [6.07, 6.45) is 1.75.